The number of carbonyl (C=O) groups is 1. The summed E-state index contributed by atoms with van der Waals surface area (Å²) in [5.74, 6) is -0.0860. The van der Waals surface area contributed by atoms with E-state index in [1.165, 1.54) is 18.4 Å². The highest BCUT2D eigenvalue weighted by Crippen LogP contribution is 2.23. The number of rotatable bonds is 5. The van der Waals surface area contributed by atoms with Gasteiger partial charge in [-0.2, -0.15) is 0 Å². The number of nitrogens with one attached hydrogen (secondary N) is 1. The predicted octanol–water partition coefficient (Wildman–Crippen LogP) is 2.18. The maximum absolute atomic E-state index is 12.3. The summed E-state index contributed by atoms with van der Waals surface area (Å²) >= 11 is 0. The summed E-state index contributed by atoms with van der Waals surface area (Å²) in [7, 11) is 0. The van der Waals surface area contributed by atoms with Crippen LogP contribution in [0.5, 0.6) is 0 Å². The fourth-order valence-corrected chi connectivity index (χ4v) is 3.98. The fourth-order valence-electron chi connectivity index (χ4n) is 3.98. The van der Waals surface area contributed by atoms with Crippen LogP contribution < -0.4 is 5.32 Å². The molecule has 7 heteroatoms. The Morgan fingerprint density at radius 1 is 1.19 bits per heavy atom. The molecule has 1 aliphatic carbocycles. The van der Waals surface area contributed by atoms with Gasteiger partial charge in [-0.05, 0) is 37.3 Å². The molecular formula is C19H26N6O. The van der Waals surface area contributed by atoms with Gasteiger partial charge in [-0.25, -0.2) is 4.68 Å². The van der Waals surface area contributed by atoms with Crippen molar-refractivity contribution >= 4 is 5.91 Å². The quantitative estimate of drug-likeness (QED) is 0.891. The van der Waals surface area contributed by atoms with Crippen molar-refractivity contribution in [3.8, 4) is 0 Å². The van der Waals surface area contributed by atoms with Gasteiger partial charge in [-0.15, -0.1) is 5.10 Å². The molecule has 0 spiro atoms. The van der Waals surface area contributed by atoms with Crippen molar-refractivity contribution in [1.29, 1.82) is 0 Å². The van der Waals surface area contributed by atoms with Crippen LogP contribution in [0.2, 0.25) is 0 Å². The molecular weight excluding hydrogens is 328 g/mol. The zero-order valence-electron chi connectivity index (χ0n) is 15.0. The van der Waals surface area contributed by atoms with E-state index in [2.05, 4.69) is 31.6 Å². The van der Waals surface area contributed by atoms with Crippen LogP contribution in [0, 0.1) is 0 Å². The average Bonchev–Trinajstić information content (AvgIpc) is 3.35. The molecule has 26 heavy (non-hydrogen) atoms. The molecule has 3 heterocycles. The average molecular weight is 354 g/mol. The summed E-state index contributed by atoms with van der Waals surface area (Å²) in [5.41, 5.74) is 1.69. The molecule has 2 aliphatic rings. The third-order valence-electron chi connectivity index (χ3n) is 5.49. The van der Waals surface area contributed by atoms with Gasteiger partial charge in [0.1, 0.15) is 0 Å². The third-order valence-corrected chi connectivity index (χ3v) is 5.49. The van der Waals surface area contributed by atoms with Crippen LogP contribution in [0.3, 0.4) is 0 Å². The van der Waals surface area contributed by atoms with Crippen LogP contribution in [0.15, 0.2) is 30.7 Å². The molecule has 7 nitrogen and oxygen atoms in total. The van der Waals surface area contributed by atoms with Gasteiger partial charge < -0.3 is 5.32 Å². The fraction of sp³-hybridized carbons (Fsp3) is 0.579. The predicted molar refractivity (Wildman–Crippen MR) is 97.5 cm³/mol. The second kappa shape index (κ2) is 7.95. The number of amides is 1. The molecule has 1 saturated heterocycles. The van der Waals surface area contributed by atoms with Gasteiger partial charge in [0.15, 0.2) is 5.69 Å². The van der Waals surface area contributed by atoms with Crippen LogP contribution >= 0.6 is 0 Å². The Balaban J connectivity index is 1.29. The van der Waals surface area contributed by atoms with Gasteiger partial charge in [0.05, 0.1) is 12.2 Å². The molecule has 0 unspecified atom stereocenters. The third kappa shape index (κ3) is 4.09. The first kappa shape index (κ1) is 17.1. The Bertz CT molecular complexity index is 717. The van der Waals surface area contributed by atoms with Crippen molar-refractivity contribution in [2.75, 3.05) is 13.1 Å². The highest BCUT2D eigenvalue weighted by molar-refractivity contribution is 5.92. The minimum absolute atomic E-state index is 0.0860. The first-order chi connectivity index (χ1) is 12.8. The lowest BCUT2D eigenvalue weighted by molar-refractivity contribution is 0.0932. The Kier molecular flexibility index (Phi) is 5.24. The molecule has 1 amide bonds. The lowest BCUT2D eigenvalue weighted by Gasteiger charge is -2.31. The molecule has 1 saturated carbocycles. The van der Waals surface area contributed by atoms with Gasteiger partial charge in [-0.1, -0.05) is 24.1 Å². The molecule has 2 fully saturated rings. The molecule has 1 aliphatic heterocycles. The summed E-state index contributed by atoms with van der Waals surface area (Å²) < 4.78 is 1.88. The van der Waals surface area contributed by atoms with E-state index in [9.17, 15) is 4.79 Å². The van der Waals surface area contributed by atoms with E-state index < -0.39 is 0 Å². The molecule has 0 atom stereocenters. The normalized spacial score (nSPS) is 19.7. The van der Waals surface area contributed by atoms with Crippen molar-refractivity contribution in [2.24, 2.45) is 0 Å². The number of hydrogen-bond donors (Lipinski definition) is 1. The molecule has 138 valence electrons. The molecule has 0 aromatic carbocycles. The van der Waals surface area contributed by atoms with Crippen molar-refractivity contribution < 1.29 is 4.79 Å². The molecule has 2 aromatic rings. The molecule has 0 radical (unpaired) electrons. The van der Waals surface area contributed by atoms with Crippen molar-refractivity contribution in [3.05, 3.63) is 42.0 Å². The Morgan fingerprint density at radius 2 is 2.00 bits per heavy atom. The first-order valence-corrected chi connectivity index (χ1v) is 9.62. The summed E-state index contributed by atoms with van der Waals surface area (Å²) in [5, 5.41) is 11.4. The van der Waals surface area contributed by atoms with Gasteiger partial charge in [0, 0.05) is 38.1 Å². The lowest BCUT2D eigenvalue weighted by atomic mass is 10.0. The van der Waals surface area contributed by atoms with Crippen LogP contribution in [0.4, 0.5) is 0 Å². The lowest BCUT2D eigenvalue weighted by Crippen LogP contribution is -2.34. The van der Waals surface area contributed by atoms with Crippen LogP contribution in [-0.4, -0.2) is 49.9 Å². The highest BCUT2D eigenvalue weighted by Gasteiger charge is 2.24. The zero-order valence-corrected chi connectivity index (χ0v) is 15.0. The Labute approximate surface area is 153 Å². The number of nitrogens with zero attached hydrogens (tertiary/aromatic N) is 5. The minimum atomic E-state index is -0.0860. The van der Waals surface area contributed by atoms with Gasteiger partial charge in [-0.3, -0.25) is 14.7 Å². The summed E-state index contributed by atoms with van der Waals surface area (Å²) in [4.78, 5) is 18.9. The molecule has 2 aromatic heterocycles. The number of pyridine rings is 1. The second-order valence-corrected chi connectivity index (χ2v) is 7.41. The summed E-state index contributed by atoms with van der Waals surface area (Å²) in [6.45, 7) is 2.97. The van der Waals surface area contributed by atoms with E-state index in [0.717, 1.165) is 45.3 Å². The van der Waals surface area contributed by atoms with E-state index in [1.54, 1.807) is 6.20 Å². The van der Waals surface area contributed by atoms with E-state index >= 15 is 0 Å². The monoisotopic (exact) mass is 354 g/mol. The SMILES string of the molecule is O=C(NC1CCCC1)c1cn(C2CCN(Cc3cccnc3)CC2)nn1. The van der Waals surface area contributed by atoms with E-state index in [-0.39, 0.29) is 5.91 Å². The molecule has 0 bridgehead atoms. The van der Waals surface area contributed by atoms with E-state index in [4.69, 9.17) is 0 Å². The standard InChI is InChI=1S/C19H26N6O/c26-19(21-16-5-1-2-6-16)18-14-25(23-22-18)17-7-10-24(11-8-17)13-15-4-3-9-20-12-15/h3-4,9,12,14,16-17H,1-2,5-8,10-11,13H2,(H,21,26). The number of likely N-dealkylation sites (tertiary alicyclic amines) is 1. The maximum atomic E-state index is 12.3. The molecule has 1 N–H and O–H groups in total. The van der Waals surface area contributed by atoms with Crippen LogP contribution in [0.1, 0.15) is 60.6 Å². The number of piperidine rings is 1. The van der Waals surface area contributed by atoms with Crippen LogP contribution in [0.25, 0.3) is 0 Å². The number of aromatic nitrogens is 4. The summed E-state index contributed by atoms with van der Waals surface area (Å²) in [6, 6.07) is 4.73. The zero-order chi connectivity index (χ0) is 17.8. The van der Waals surface area contributed by atoms with E-state index in [0.29, 0.717) is 17.8 Å². The molecule has 4 rings (SSSR count). The van der Waals surface area contributed by atoms with Crippen molar-refractivity contribution in [2.45, 2.75) is 57.2 Å². The van der Waals surface area contributed by atoms with Crippen molar-refractivity contribution in [3.63, 3.8) is 0 Å². The smallest absolute Gasteiger partial charge is 0.273 e. The number of carbonyl (C=O) groups excluding carboxylic acids is 1. The Hall–Kier alpha value is -2.28. The second-order valence-electron chi connectivity index (χ2n) is 7.41. The van der Waals surface area contributed by atoms with Gasteiger partial charge in [0.2, 0.25) is 0 Å². The summed E-state index contributed by atoms with van der Waals surface area (Å²) in [6.07, 6.45) is 12.2. The van der Waals surface area contributed by atoms with Gasteiger partial charge in [0.25, 0.3) is 5.91 Å². The highest BCUT2D eigenvalue weighted by atomic mass is 16.2. The Morgan fingerprint density at radius 3 is 2.73 bits per heavy atom. The van der Waals surface area contributed by atoms with E-state index in [1.807, 2.05) is 23.1 Å². The minimum Gasteiger partial charge on any atom is -0.348 e. The van der Waals surface area contributed by atoms with Gasteiger partial charge >= 0.3 is 0 Å². The maximum Gasteiger partial charge on any atom is 0.273 e. The van der Waals surface area contributed by atoms with Crippen molar-refractivity contribution in [1.82, 2.24) is 30.2 Å². The largest absolute Gasteiger partial charge is 0.348 e. The first-order valence-electron chi connectivity index (χ1n) is 9.62. The number of hydrogen-bond acceptors (Lipinski definition) is 5. The topological polar surface area (TPSA) is 75.9 Å². The van der Waals surface area contributed by atoms with Crippen LogP contribution in [-0.2, 0) is 6.54 Å².